The van der Waals surface area contributed by atoms with Gasteiger partial charge >= 0.3 is 0 Å². The zero-order valence-electron chi connectivity index (χ0n) is 10.5. The summed E-state index contributed by atoms with van der Waals surface area (Å²) in [4.78, 5) is 5.20. The van der Waals surface area contributed by atoms with Crippen LogP contribution in [0.2, 0.25) is 0 Å². The Bertz CT molecular complexity index is 443. The number of hydrogen-bond donors (Lipinski definition) is 1. The number of ether oxygens (including phenoxy) is 1. The minimum absolute atomic E-state index is 0.680. The Balaban J connectivity index is 1.49. The van der Waals surface area contributed by atoms with Crippen LogP contribution < -0.4 is 10.6 Å². The molecule has 2 bridgehead atoms. The molecule has 0 aliphatic carbocycles. The Morgan fingerprint density at radius 3 is 2.33 bits per heavy atom. The van der Waals surface area contributed by atoms with Crippen molar-refractivity contribution in [2.45, 2.75) is 24.5 Å². The molecule has 2 N–H and O–H groups in total. The van der Waals surface area contributed by atoms with E-state index in [4.69, 9.17) is 10.5 Å². The molecule has 18 heavy (non-hydrogen) atoms. The van der Waals surface area contributed by atoms with Gasteiger partial charge in [-0.25, -0.2) is 0 Å². The number of rotatable bonds is 2. The van der Waals surface area contributed by atoms with Crippen molar-refractivity contribution >= 4 is 11.4 Å². The molecule has 1 aromatic rings. The lowest BCUT2D eigenvalue weighted by Crippen LogP contribution is -2.56. The van der Waals surface area contributed by atoms with E-state index in [9.17, 15) is 0 Å². The molecule has 4 rings (SSSR count). The third-order valence-corrected chi connectivity index (χ3v) is 4.60. The number of nitrogens with zero attached hydrogens (tertiary/aromatic N) is 2. The first-order chi connectivity index (χ1) is 8.81. The fourth-order valence-electron chi connectivity index (χ4n) is 3.54. The fraction of sp³-hybridized carbons (Fsp3) is 0.571. The highest BCUT2D eigenvalue weighted by atomic mass is 16.5. The van der Waals surface area contributed by atoms with Gasteiger partial charge in [0.15, 0.2) is 0 Å². The fourth-order valence-corrected chi connectivity index (χ4v) is 3.54. The smallest absolute Gasteiger partial charge is 0.0645 e. The second-order valence-electron chi connectivity index (χ2n) is 5.68. The van der Waals surface area contributed by atoms with E-state index < -0.39 is 0 Å². The molecule has 3 fully saturated rings. The van der Waals surface area contributed by atoms with Gasteiger partial charge in [-0.3, -0.25) is 4.90 Å². The lowest BCUT2D eigenvalue weighted by molar-refractivity contribution is -0.0708. The topological polar surface area (TPSA) is 41.7 Å². The summed E-state index contributed by atoms with van der Waals surface area (Å²) in [6, 6.07) is 10.4. The SMILES string of the molecule is Nc1ccc(N2CC3CC2CN3C2COC2)cc1. The summed E-state index contributed by atoms with van der Waals surface area (Å²) in [5.41, 5.74) is 7.91. The van der Waals surface area contributed by atoms with E-state index in [2.05, 4.69) is 21.9 Å². The summed E-state index contributed by atoms with van der Waals surface area (Å²) in [5, 5.41) is 0. The predicted octanol–water partition coefficient (Wildman–Crippen LogP) is 0.930. The summed E-state index contributed by atoms with van der Waals surface area (Å²) in [6.07, 6.45) is 1.31. The molecule has 1 aromatic carbocycles. The summed E-state index contributed by atoms with van der Waals surface area (Å²) >= 11 is 0. The van der Waals surface area contributed by atoms with Crippen LogP contribution in [-0.2, 0) is 4.74 Å². The van der Waals surface area contributed by atoms with E-state index in [0.717, 1.165) is 31.5 Å². The standard InChI is InChI=1S/C14H19N3O/c15-10-1-3-11(4-2-10)16-6-13-5-12(16)7-17(13)14-8-18-9-14/h1-4,12-14H,5-9,15H2. The maximum atomic E-state index is 5.75. The zero-order valence-corrected chi connectivity index (χ0v) is 10.5. The van der Waals surface area contributed by atoms with Gasteiger partial charge in [0.1, 0.15) is 0 Å². The highest BCUT2D eigenvalue weighted by Gasteiger charge is 2.47. The highest BCUT2D eigenvalue weighted by molar-refractivity contribution is 5.55. The lowest BCUT2D eigenvalue weighted by Gasteiger charge is -2.43. The van der Waals surface area contributed by atoms with Crippen molar-refractivity contribution in [2.75, 3.05) is 36.9 Å². The number of hydrogen-bond acceptors (Lipinski definition) is 4. The Morgan fingerprint density at radius 2 is 1.78 bits per heavy atom. The molecule has 0 radical (unpaired) electrons. The van der Waals surface area contributed by atoms with Crippen molar-refractivity contribution in [1.29, 1.82) is 0 Å². The quantitative estimate of drug-likeness (QED) is 0.787. The van der Waals surface area contributed by atoms with Crippen molar-refractivity contribution in [3.05, 3.63) is 24.3 Å². The number of fused-ring (bicyclic) bond motifs is 2. The average Bonchev–Trinajstić information content (AvgIpc) is 2.87. The third kappa shape index (κ3) is 1.52. The number of anilines is 2. The predicted molar refractivity (Wildman–Crippen MR) is 71.7 cm³/mol. The van der Waals surface area contributed by atoms with Gasteiger partial charge in [0, 0.05) is 36.5 Å². The van der Waals surface area contributed by atoms with Crippen LogP contribution in [0, 0.1) is 0 Å². The van der Waals surface area contributed by atoms with Gasteiger partial charge < -0.3 is 15.4 Å². The van der Waals surface area contributed by atoms with Gasteiger partial charge in [-0.1, -0.05) is 0 Å². The van der Waals surface area contributed by atoms with Gasteiger partial charge in [0.05, 0.1) is 19.3 Å². The van der Waals surface area contributed by atoms with Crippen LogP contribution >= 0.6 is 0 Å². The molecule has 3 aliphatic heterocycles. The van der Waals surface area contributed by atoms with E-state index in [1.54, 1.807) is 0 Å². The second-order valence-corrected chi connectivity index (χ2v) is 5.68. The first kappa shape index (κ1) is 10.6. The van der Waals surface area contributed by atoms with E-state index in [1.807, 2.05) is 12.1 Å². The first-order valence-electron chi connectivity index (χ1n) is 6.77. The van der Waals surface area contributed by atoms with Gasteiger partial charge in [-0.05, 0) is 30.7 Å². The Morgan fingerprint density at radius 1 is 1.00 bits per heavy atom. The van der Waals surface area contributed by atoms with Crippen LogP contribution in [0.4, 0.5) is 11.4 Å². The number of nitrogens with two attached hydrogens (primary N) is 1. The molecule has 96 valence electrons. The Labute approximate surface area is 107 Å². The zero-order chi connectivity index (χ0) is 12.1. The largest absolute Gasteiger partial charge is 0.399 e. The molecule has 0 amide bonds. The molecule has 0 saturated carbocycles. The molecule has 2 atom stereocenters. The van der Waals surface area contributed by atoms with Gasteiger partial charge in [0.25, 0.3) is 0 Å². The Hall–Kier alpha value is -1.26. The molecule has 3 heterocycles. The minimum atomic E-state index is 0.680. The van der Waals surface area contributed by atoms with Crippen molar-refractivity contribution in [3.63, 3.8) is 0 Å². The monoisotopic (exact) mass is 245 g/mol. The van der Waals surface area contributed by atoms with Crippen molar-refractivity contribution in [3.8, 4) is 0 Å². The maximum absolute atomic E-state index is 5.75. The van der Waals surface area contributed by atoms with Crippen LogP contribution in [0.15, 0.2) is 24.3 Å². The highest BCUT2D eigenvalue weighted by Crippen LogP contribution is 2.36. The van der Waals surface area contributed by atoms with Gasteiger partial charge in [-0.15, -0.1) is 0 Å². The molecule has 4 heteroatoms. The summed E-state index contributed by atoms with van der Waals surface area (Å²) in [7, 11) is 0. The van der Waals surface area contributed by atoms with Crippen molar-refractivity contribution in [2.24, 2.45) is 0 Å². The van der Waals surface area contributed by atoms with E-state index in [-0.39, 0.29) is 0 Å². The van der Waals surface area contributed by atoms with Crippen molar-refractivity contribution < 1.29 is 4.74 Å². The maximum Gasteiger partial charge on any atom is 0.0645 e. The minimum Gasteiger partial charge on any atom is -0.399 e. The van der Waals surface area contributed by atoms with Crippen LogP contribution in [0.25, 0.3) is 0 Å². The third-order valence-electron chi connectivity index (χ3n) is 4.60. The number of likely N-dealkylation sites (tertiary alicyclic amines) is 1. The molecule has 0 spiro atoms. The Kier molecular flexibility index (Phi) is 2.29. The van der Waals surface area contributed by atoms with Crippen LogP contribution in [0.3, 0.4) is 0 Å². The van der Waals surface area contributed by atoms with Gasteiger partial charge in [0.2, 0.25) is 0 Å². The molecular formula is C14H19N3O. The second kappa shape index (κ2) is 3.87. The molecule has 3 saturated heterocycles. The number of piperazine rings is 1. The molecular weight excluding hydrogens is 226 g/mol. The van der Waals surface area contributed by atoms with Crippen molar-refractivity contribution in [1.82, 2.24) is 4.90 Å². The average molecular weight is 245 g/mol. The number of nitrogen functional groups attached to an aromatic ring is 1. The van der Waals surface area contributed by atoms with E-state index >= 15 is 0 Å². The first-order valence-corrected chi connectivity index (χ1v) is 6.77. The molecule has 3 aliphatic rings. The normalized spacial score (nSPS) is 31.9. The summed E-state index contributed by atoms with van der Waals surface area (Å²) < 4.78 is 5.31. The molecule has 0 aromatic heterocycles. The van der Waals surface area contributed by atoms with E-state index in [0.29, 0.717) is 12.1 Å². The number of benzene rings is 1. The molecule has 4 nitrogen and oxygen atoms in total. The summed E-state index contributed by atoms with van der Waals surface area (Å²) in [5.74, 6) is 0. The van der Waals surface area contributed by atoms with Crippen LogP contribution in [-0.4, -0.2) is 49.3 Å². The molecule has 2 unspecified atom stereocenters. The summed E-state index contributed by atoms with van der Waals surface area (Å²) in [6.45, 7) is 4.23. The van der Waals surface area contributed by atoms with Gasteiger partial charge in [-0.2, -0.15) is 0 Å². The van der Waals surface area contributed by atoms with Crippen LogP contribution in [0.1, 0.15) is 6.42 Å². The van der Waals surface area contributed by atoms with E-state index in [1.165, 1.54) is 18.7 Å². The van der Waals surface area contributed by atoms with Crippen LogP contribution in [0.5, 0.6) is 0 Å². The lowest BCUT2D eigenvalue weighted by atomic mass is 10.1.